The summed E-state index contributed by atoms with van der Waals surface area (Å²) in [5.41, 5.74) is 3.29. The number of hydrogen-bond donors (Lipinski definition) is 0. The SMILES string of the molecule is CCCC(=O)Oc1ccc(COc2cccc(-c3c(Cc4ccccc4)cnc4c(C(F)(F)F)cccc34)c2)cc1. The largest absolute Gasteiger partial charge is 0.489 e. The second-order valence-corrected chi connectivity index (χ2v) is 9.70. The van der Waals surface area contributed by atoms with Gasteiger partial charge in [0.25, 0.3) is 0 Å². The van der Waals surface area contributed by atoms with Gasteiger partial charge in [-0.25, -0.2) is 0 Å². The summed E-state index contributed by atoms with van der Waals surface area (Å²) in [6, 6.07) is 28.4. The van der Waals surface area contributed by atoms with E-state index in [4.69, 9.17) is 9.47 Å². The number of nitrogens with zero attached hydrogens (tertiary/aromatic N) is 1. The first-order valence-corrected chi connectivity index (χ1v) is 13.4. The predicted molar refractivity (Wildman–Crippen MR) is 153 cm³/mol. The average molecular weight is 556 g/mol. The molecule has 1 heterocycles. The zero-order valence-electron chi connectivity index (χ0n) is 22.4. The first kappa shape index (κ1) is 27.9. The normalized spacial score (nSPS) is 11.4. The maximum absolute atomic E-state index is 13.9. The first-order chi connectivity index (χ1) is 19.8. The highest BCUT2D eigenvalue weighted by Crippen LogP contribution is 2.39. The second kappa shape index (κ2) is 12.3. The molecule has 5 aromatic rings. The Hall–Kier alpha value is -4.65. The standard InChI is InChI=1S/C34H28F3NO3/c1-2-8-31(39)41-27-17-15-24(16-18-27)22-40-28-12-6-11-25(20-28)32-26(19-23-9-4-3-5-10-23)21-38-33-29(32)13-7-14-30(33)34(35,36)37/h3-7,9-18,20-21H,2,8,19,22H2,1H3. The predicted octanol–water partition coefficient (Wildman–Crippen LogP) is 8.80. The number of carbonyl (C=O) groups is 1. The van der Waals surface area contributed by atoms with E-state index in [0.29, 0.717) is 35.3 Å². The van der Waals surface area contributed by atoms with E-state index < -0.39 is 11.7 Å². The van der Waals surface area contributed by atoms with Crippen LogP contribution < -0.4 is 9.47 Å². The molecule has 0 saturated heterocycles. The number of alkyl halides is 3. The van der Waals surface area contributed by atoms with Crippen LogP contribution in [0.1, 0.15) is 42.0 Å². The average Bonchev–Trinajstić information content (AvgIpc) is 2.96. The van der Waals surface area contributed by atoms with Gasteiger partial charge >= 0.3 is 12.1 Å². The molecule has 0 aliphatic carbocycles. The summed E-state index contributed by atoms with van der Waals surface area (Å²) in [6.07, 6.45) is -1.40. The molecule has 4 nitrogen and oxygen atoms in total. The molecule has 0 fully saturated rings. The molecule has 7 heteroatoms. The van der Waals surface area contributed by atoms with Gasteiger partial charge in [0.1, 0.15) is 18.1 Å². The Bertz CT molecular complexity index is 1650. The number of rotatable bonds is 9. The molecule has 0 aliphatic heterocycles. The molecule has 0 N–H and O–H groups in total. The lowest BCUT2D eigenvalue weighted by Crippen LogP contribution is -2.07. The van der Waals surface area contributed by atoms with E-state index in [1.54, 1.807) is 24.4 Å². The first-order valence-electron chi connectivity index (χ1n) is 13.4. The minimum Gasteiger partial charge on any atom is -0.489 e. The number of hydrogen-bond acceptors (Lipinski definition) is 4. The third kappa shape index (κ3) is 6.74. The monoisotopic (exact) mass is 555 g/mol. The zero-order valence-corrected chi connectivity index (χ0v) is 22.4. The van der Waals surface area contributed by atoms with Crippen LogP contribution in [0.15, 0.2) is 103 Å². The van der Waals surface area contributed by atoms with Crippen molar-refractivity contribution in [3.05, 3.63) is 126 Å². The Labute approximate surface area is 236 Å². The van der Waals surface area contributed by atoms with Crippen LogP contribution in [0, 0.1) is 0 Å². The second-order valence-electron chi connectivity index (χ2n) is 9.70. The molecular weight excluding hydrogens is 527 g/mol. The third-order valence-electron chi connectivity index (χ3n) is 6.66. The zero-order chi connectivity index (χ0) is 28.8. The van der Waals surface area contributed by atoms with E-state index in [9.17, 15) is 18.0 Å². The number of pyridine rings is 1. The Morgan fingerprint density at radius 1 is 0.829 bits per heavy atom. The van der Waals surface area contributed by atoms with Crippen molar-refractivity contribution < 1.29 is 27.4 Å². The van der Waals surface area contributed by atoms with Gasteiger partial charge in [0, 0.05) is 18.0 Å². The number of fused-ring (bicyclic) bond motifs is 1. The van der Waals surface area contributed by atoms with Gasteiger partial charge in [0.05, 0.1) is 11.1 Å². The van der Waals surface area contributed by atoms with Crippen molar-refractivity contribution in [1.82, 2.24) is 4.98 Å². The number of esters is 1. The van der Waals surface area contributed by atoms with Gasteiger partial charge in [0.15, 0.2) is 0 Å². The van der Waals surface area contributed by atoms with E-state index >= 15 is 0 Å². The van der Waals surface area contributed by atoms with Crippen LogP contribution >= 0.6 is 0 Å². The summed E-state index contributed by atoms with van der Waals surface area (Å²) in [7, 11) is 0. The summed E-state index contributed by atoms with van der Waals surface area (Å²) in [5, 5.41) is 0.429. The number of para-hydroxylation sites is 1. The minimum atomic E-state index is -4.53. The highest BCUT2D eigenvalue weighted by atomic mass is 19.4. The van der Waals surface area contributed by atoms with E-state index in [1.807, 2.05) is 73.7 Å². The Morgan fingerprint density at radius 3 is 2.32 bits per heavy atom. The van der Waals surface area contributed by atoms with Gasteiger partial charge in [0.2, 0.25) is 0 Å². The Kier molecular flexibility index (Phi) is 8.34. The molecule has 0 unspecified atom stereocenters. The quantitative estimate of drug-likeness (QED) is 0.135. The number of aromatic nitrogens is 1. The van der Waals surface area contributed by atoms with E-state index in [2.05, 4.69) is 4.98 Å². The van der Waals surface area contributed by atoms with Crippen LogP contribution in [-0.2, 0) is 24.0 Å². The van der Waals surface area contributed by atoms with Gasteiger partial charge in [-0.2, -0.15) is 13.2 Å². The summed E-state index contributed by atoms with van der Waals surface area (Å²) in [5.74, 6) is 0.775. The molecule has 0 atom stereocenters. The minimum absolute atomic E-state index is 0.0853. The van der Waals surface area contributed by atoms with Gasteiger partial charge < -0.3 is 9.47 Å². The van der Waals surface area contributed by atoms with E-state index in [-0.39, 0.29) is 18.1 Å². The molecular formula is C34H28F3NO3. The maximum Gasteiger partial charge on any atom is 0.418 e. The molecule has 5 rings (SSSR count). The topological polar surface area (TPSA) is 48.4 Å². The van der Waals surface area contributed by atoms with Gasteiger partial charge in [-0.1, -0.05) is 73.7 Å². The molecule has 1 aromatic heterocycles. The van der Waals surface area contributed by atoms with E-state index in [1.165, 1.54) is 6.07 Å². The molecule has 208 valence electrons. The van der Waals surface area contributed by atoms with E-state index in [0.717, 1.165) is 34.7 Å². The fourth-order valence-electron chi connectivity index (χ4n) is 4.73. The van der Waals surface area contributed by atoms with Crippen molar-refractivity contribution in [2.24, 2.45) is 0 Å². The summed E-state index contributed by atoms with van der Waals surface area (Å²) in [4.78, 5) is 16.0. The molecule has 41 heavy (non-hydrogen) atoms. The van der Waals surface area contributed by atoms with Crippen molar-refractivity contribution in [1.29, 1.82) is 0 Å². The Morgan fingerprint density at radius 2 is 1.59 bits per heavy atom. The van der Waals surface area contributed by atoms with Crippen LogP contribution in [-0.4, -0.2) is 11.0 Å². The number of carbonyl (C=O) groups excluding carboxylic acids is 1. The highest BCUT2D eigenvalue weighted by Gasteiger charge is 2.33. The molecule has 0 saturated carbocycles. The lowest BCUT2D eigenvalue weighted by Gasteiger charge is -2.17. The molecule has 0 aliphatic rings. The van der Waals surface area contributed by atoms with Crippen molar-refractivity contribution in [2.75, 3.05) is 0 Å². The van der Waals surface area contributed by atoms with Crippen molar-refractivity contribution in [3.8, 4) is 22.6 Å². The van der Waals surface area contributed by atoms with Gasteiger partial charge in [-0.3, -0.25) is 9.78 Å². The van der Waals surface area contributed by atoms with Crippen molar-refractivity contribution in [2.45, 2.75) is 39.0 Å². The van der Waals surface area contributed by atoms with Crippen LogP contribution in [0.3, 0.4) is 0 Å². The van der Waals surface area contributed by atoms with Crippen LogP contribution in [0.2, 0.25) is 0 Å². The summed E-state index contributed by atoms with van der Waals surface area (Å²) >= 11 is 0. The number of ether oxygens (including phenoxy) is 2. The van der Waals surface area contributed by atoms with Gasteiger partial charge in [-0.15, -0.1) is 0 Å². The van der Waals surface area contributed by atoms with Crippen LogP contribution in [0.4, 0.5) is 13.2 Å². The molecule has 0 radical (unpaired) electrons. The highest BCUT2D eigenvalue weighted by molar-refractivity contribution is 5.98. The fourth-order valence-corrected chi connectivity index (χ4v) is 4.73. The van der Waals surface area contributed by atoms with Crippen molar-refractivity contribution >= 4 is 16.9 Å². The van der Waals surface area contributed by atoms with Crippen molar-refractivity contribution in [3.63, 3.8) is 0 Å². The van der Waals surface area contributed by atoms with Crippen LogP contribution in [0.5, 0.6) is 11.5 Å². The lowest BCUT2D eigenvalue weighted by atomic mass is 9.92. The summed E-state index contributed by atoms with van der Waals surface area (Å²) in [6.45, 7) is 2.18. The number of halogens is 3. The van der Waals surface area contributed by atoms with Crippen LogP contribution in [0.25, 0.3) is 22.0 Å². The number of benzene rings is 4. The third-order valence-corrected chi connectivity index (χ3v) is 6.66. The smallest absolute Gasteiger partial charge is 0.418 e. The molecule has 0 amide bonds. The fraction of sp³-hybridized carbons (Fsp3) is 0.176. The molecule has 0 bridgehead atoms. The Balaban J connectivity index is 1.46. The van der Waals surface area contributed by atoms with Gasteiger partial charge in [-0.05, 0) is 71.0 Å². The maximum atomic E-state index is 13.9. The summed E-state index contributed by atoms with van der Waals surface area (Å²) < 4.78 is 52.9. The molecule has 4 aromatic carbocycles. The lowest BCUT2D eigenvalue weighted by molar-refractivity contribution is -0.136. The molecule has 0 spiro atoms.